The Morgan fingerprint density at radius 2 is 2.24 bits per heavy atom. The van der Waals surface area contributed by atoms with Gasteiger partial charge in [0.25, 0.3) is 5.91 Å². The summed E-state index contributed by atoms with van der Waals surface area (Å²) in [5.74, 6) is -2.70. The van der Waals surface area contributed by atoms with E-state index in [1.54, 1.807) is 6.92 Å². The maximum atomic E-state index is 12.5. The van der Waals surface area contributed by atoms with Crippen LogP contribution < -0.4 is 5.32 Å². The molecule has 2 N–H and O–H groups in total. The number of hydrogen-bond donors (Lipinski definition) is 2. The van der Waals surface area contributed by atoms with E-state index in [2.05, 4.69) is 10.3 Å². The summed E-state index contributed by atoms with van der Waals surface area (Å²) in [6.07, 6.45) is 1.53. The molecule has 0 bridgehead atoms. The lowest BCUT2D eigenvalue weighted by molar-refractivity contribution is -0.141. The van der Waals surface area contributed by atoms with Crippen molar-refractivity contribution in [3.05, 3.63) is 29.8 Å². The van der Waals surface area contributed by atoms with Crippen molar-refractivity contribution >= 4 is 11.9 Å². The van der Waals surface area contributed by atoms with Gasteiger partial charge in [0.05, 0.1) is 11.5 Å². The summed E-state index contributed by atoms with van der Waals surface area (Å²) in [7, 11) is 0. The van der Waals surface area contributed by atoms with Crippen molar-refractivity contribution in [3.8, 4) is 0 Å². The maximum absolute atomic E-state index is 12.5. The summed E-state index contributed by atoms with van der Waals surface area (Å²) >= 11 is 0. The van der Waals surface area contributed by atoms with E-state index in [9.17, 15) is 14.0 Å². The fraction of sp³-hybridized carbons (Fsp3) is 0.364. The molecule has 1 amide bonds. The number of pyridine rings is 1. The highest BCUT2D eigenvalue weighted by Crippen LogP contribution is 2.03. The van der Waals surface area contributed by atoms with Crippen LogP contribution in [-0.4, -0.2) is 28.5 Å². The van der Waals surface area contributed by atoms with E-state index in [0.29, 0.717) is 6.42 Å². The molecule has 0 aliphatic carbocycles. The van der Waals surface area contributed by atoms with Crippen molar-refractivity contribution in [2.45, 2.75) is 13.3 Å². The minimum atomic E-state index is -0.954. The molecule has 0 saturated carbocycles. The summed E-state index contributed by atoms with van der Waals surface area (Å²) < 4.78 is 12.5. The molecule has 0 spiro atoms. The Balaban J connectivity index is 2.55. The Morgan fingerprint density at radius 3 is 2.71 bits per heavy atom. The van der Waals surface area contributed by atoms with Crippen LogP contribution in [0.2, 0.25) is 0 Å². The van der Waals surface area contributed by atoms with E-state index in [-0.39, 0.29) is 12.1 Å². The molecule has 0 fully saturated rings. The van der Waals surface area contributed by atoms with E-state index in [0.717, 1.165) is 12.3 Å². The van der Waals surface area contributed by atoms with Crippen LogP contribution in [0.25, 0.3) is 0 Å². The third kappa shape index (κ3) is 3.82. The predicted molar refractivity (Wildman–Crippen MR) is 57.9 cm³/mol. The van der Waals surface area contributed by atoms with Crippen LogP contribution in [0.4, 0.5) is 4.39 Å². The number of halogens is 1. The molecule has 1 aromatic rings. The fourth-order valence-corrected chi connectivity index (χ4v) is 1.23. The van der Waals surface area contributed by atoms with Gasteiger partial charge in [0, 0.05) is 12.7 Å². The molecule has 17 heavy (non-hydrogen) atoms. The highest BCUT2D eigenvalue weighted by atomic mass is 19.1. The minimum absolute atomic E-state index is 0.0437. The molecule has 0 radical (unpaired) electrons. The average Bonchev–Trinajstić information content (AvgIpc) is 2.30. The normalized spacial score (nSPS) is 11.9. The van der Waals surface area contributed by atoms with Crippen molar-refractivity contribution in [1.82, 2.24) is 10.3 Å². The minimum Gasteiger partial charge on any atom is -0.481 e. The van der Waals surface area contributed by atoms with Gasteiger partial charge in [0.15, 0.2) is 0 Å². The molecule has 1 unspecified atom stereocenters. The Labute approximate surface area is 97.7 Å². The largest absolute Gasteiger partial charge is 0.481 e. The van der Waals surface area contributed by atoms with Crippen LogP contribution in [0.1, 0.15) is 23.7 Å². The first-order chi connectivity index (χ1) is 8.04. The fourth-order valence-electron chi connectivity index (χ4n) is 1.23. The van der Waals surface area contributed by atoms with E-state index in [1.807, 2.05) is 0 Å². The zero-order valence-corrected chi connectivity index (χ0v) is 9.31. The molecule has 5 nitrogen and oxygen atoms in total. The summed E-state index contributed by atoms with van der Waals surface area (Å²) in [4.78, 5) is 25.6. The summed E-state index contributed by atoms with van der Waals surface area (Å²) in [5, 5.41) is 11.2. The van der Waals surface area contributed by atoms with Crippen LogP contribution in [0, 0.1) is 11.9 Å². The second-order valence-electron chi connectivity index (χ2n) is 3.52. The zero-order chi connectivity index (χ0) is 12.8. The van der Waals surface area contributed by atoms with Gasteiger partial charge in [-0.15, -0.1) is 0 Å². The highest BCUT2D eigenvalue weighted by Gasteiger charge is 2.16. The topological polar surface area (TPSA) is 79.3 Å². The number of hydrogen-bond acceptors (Lipinski definition) is 3. The first kappa shape index (κ1) is 13.1. The van der Waals surface area contributed by atoms with Crippen LogP contribution in [0.3, 0.4) is 0 Å². The molecule has 1 atom stereocenters. The van der Waals surface area contributed by atoms with E-state index in [1.165, 1.54) is 6.07 Å². The van der Waals surface area contributed by atoms with Crippen molar-refractivity contribution in [3.63, 3.8) is 0 Å². The molecule has 0 aliphatic heterocycles. The molecule has 0 aromatic carbocycles. The number of amides is 1. The first-order valence-electron chi connectivity index (χ1n) is 5.17. The van der Waals surface area contributed by atoms with E-state index in [4.69, 9.17) is 5.11 Å². The number of carbonyl (C=O) groups is 2. The number of aromatic nitrogens is 1. The molecular formula is C11H13FN2O3. The third-order valence-corrected chi connectivity index (χ3v) is 2.34. The number of rotatable bonds is 5. The van der Waals surface area contributed by atoms with E-state index < -0.39 is 23.7 Å². The predicted octanol–water partition coefficient (Wildman–Crippen LogP) is 1.06. The van der Waals surface area contributed by atoms with Gasteiger partial charge in [0.2, 0.25) is 5.95 Å². The molecule has 1 rings (SSSR count). The van der Waals surface area contributed by atoms with Gasteiger partial charge in [-0.1, -0.05) is 6.92 Å². The molecule has 1 heterocycles. The lowest BCUT2D eigenvalue weighted by Crippen LogP contribution is -2.32. The van der Waals surface area contributed by atoms with Crippen LogP contribution in [0.15, 0.2) is 18.3 Å². The zero-order valence-electron chi connectivity index (χ0n) is 9.31. The number of nitrogens with zero attached hydrogens (tertiary/aromatic N) is 1. The Morgan fingerprint density at radius 1 is 1.53 bits per heavy atom. The summed E-state index contributed by atoms with van der Waals surface area (Å²) in [5.41, 5.74) is 0.201. The highest BCUT2D eigenvalue weighted by molar-refractivity contribution is 5.94. The lowest BCUT2D eigenvalue weighted by Gasteiger charge is -2.10. The molecule has 1 aromatic heterocycles. The smallest absolute Gasteiger partial charge is 0.308 e. The molecule has 6 heteroatoms. The second-order valence-corrected chi connectivity index (χ2v) is 3.52. The van der Waals surface area contributed by atoms with Gasteiger partial charge >= 0.3 is 5.97 Å². The monoisotopic (exact) mass is 240 g/mol. The quantitative estimate of drug-likeness (QED) is 0.754. The van der Waals surface area contributed by atoms with Crippen molar-refractivity contribution < 1.29 is 19.1 Å². The second kappa shape index (κ2) is 5.93. The maximum Gasteiger partial charge on any atom is 0.308 e. The van der Waals surface area contributed by atoms with Gasteiger partial charge < -0.3 is 10.4 Å². The lowest BCUT2D eigenvalue weighted by atomic mass is 10.1. The SMILES string of the molecule is CCC(CNC(=O)c1ccc(F)nc1)C(=O)O. The third-order valence-electron chi connectivity index (χ3n) is 2.34. The standard InChI is InChI=1S/C11H13FN2O3/c1-2-7(11(16)17)5-14-10(15)8-3-4-9(12)13-6-8/h3-4,6-7H,2,5H2,1H3,(H,14,15)(H,16,17). The molecule has 92 valence electrons. The number of nitrogens with one attached hydrogen (secondary N) is 1. The molecule has 0 saturated heterocycles. The Hall–Kier alpha value is -1.98. The van der Waals surface area contributed by atoms with E-state index >= 15 is 0 Å². The molecular weight excluding hydrogens is 227 g/mol. The van der Waals surface area contributed by atoms with Gasteiger partial charge in [-0.2, -0.15) is 4.39 Å². The van der Waals surface area contributed by atoms with Gasteiger partial charge in [0.1, 0.15) is 0 Å². The summed E-state index contributed by atoms with van der Waals surface area (Å²) in [6.45, 7) is 1.77. The number of carboxylic acids is 1. The van der Waals surface area contributed by atoms with Crippen LogP contribution in [0.5, 0.6) is 0 Å². The Kier molecular flexibility index (Phi) is 4.56. The van der Waals surface area contributed by atoms with Crippen molar-refractivity contribution in [2.75, 3.05) is 6.54 Å². The van der Waals surface area contributed by atoms with Crippen LogP contribution >= 0.6 is 0 Å². The molecule has 0 aliphatic rings. The van der Waals surface area contributed by atoms with Gasteiger partial charge in [-0.3, -0.25) is 9.59 Å². The van der Waals surface area contributed by atoms with Crippen molar-refractivity contribution in [2.24, 2.45) is 5.92 Å². The van der Waals surface area contributed by atoms with Crippen molar-refractivity contribution in [1.29, 1.82) is 0 Å². The van der Waals surface area contributed by atoms with Crippen LogP contribution in [-0.2, 0) is 4.79 Å². The number of carboxylic acid groups (broad SMARTS) is 1. The number of carbonyl (C=O) groups excluding carboxylic acids is 1. The summed E-state index contributed by atoms with van der Waals surface area (Å²) in [6, 6.07) is 2.36. The van der Waals surface area contributed by atoms with Gasteiger partial charge in [-0.25, -0.2) is 4.98 Å². The average molecular weight is 240 g/mol. The van der Waals surface area contributed by atoms with Gasteiger partial charge in [-0.05, 0) is 18.6 Å². The number of aliphatic carboxylic acids is 1. The Bertz CT molecular complexity index is 406. The first-order valence-corrected chi connectivity index (χ1v) is 5.17.